The maximum Gasteiger partial charge on any atom is 0.267 e. The van der Waals surface area contributed by atoms with Crippen molar-refractivity contribution >= 4 is 49.8 Å². The number of likely N-dealkylation sites (N-methyl/N-ethyl adjacent to an activating group) is 3. The van der Waals surface area contributed by atoms with Gasteiger partial charge in [-0.05, 0) is 235 Å². The maximum atomic E-state index is 11.2. The summed E-state index contributed by atoms with van der Waals surface area (Å²) in [5.41, 5.74) is 51.0. The monoisotopic (exact) mass is 1360 g/mol. The Kier molecular flexibility index (Phi) is 21.0. The van der Waals surface area contributed by atoms with Crippen LogP contribution >= 0.6 is 0 Å². The average molecular weight is 1370 g/mol. The first-order chi connectivity index (χ1) is 49.5. The van der Waals surface area contributed by atoms with Gasteiger partial charge in [-0.2, -0.15) is 0 Å². The van der Waals surface area contributed by atoms with Gasteiger partial charge in [0.05, 0.1) is 6.04 Å². The molecule has 0 spiro atoms. The quantitative estimate of drug-likeness (QED) is 0.0794. The molecular weight excluding hydrogens is 1270 g/mol. The lowest BCUT2D eigenvalue weighted by molar-refractivity contribution is 0.0995. The molecule has 4 unspecified atom stereocenters. The normalized spacial score (nSPS) is 16.8. The van der Waals surface area contributed by atoms with Gasteiger partial charge in [0, 0.05) is 214 Å². The highest BCUT2D eigenvalue weighted by molar-refractivity contribution is 5.91. The summed E-state index contributed by atoms with van der Waals surface area (Å²) in [6, 6.07) is 34.2. The summed E-state index contributed by atoms with van der Waals surface area (Å²) in [5, 5.41) is 5.38. The summed E-state index contributed by atoms with van der Waals surface area (Å²) in [6.07, 6.45) is 27.3. The van der Waals surface area contributed by atoms with Crippen LogP contribution in [0.25, 0.3) is 43.9 Å². The zero-order valence-electron chi connectivity index (χ0n) is 60.6. The number of amides is 1. The molecule has 1 fully saturated rings. The lowest BCUT2D eigenvalue weighted by Gasteiger charge is -2.30. The second kappa shape index (κ2) is 30.7. The summed E-state index contributed by atoms with van der Waals surface area (Å²) in [6.45, 7) is 20.5. The minimum absolute atomic E-state index is 0.0391. The molecule has 0 saturated carbocycles. The number of hydrogen-bond acceptors (Lipinski definition) is 14. The number of primary amides is 1. The van der Waals surface area contributed by atoms with Gasteiger partial charge >= 0.3 is 0 Å². The van der Waals surface area contributed by atoms with Crippen LogP contribution in [0.15, 0.2) is 153 Å². The van der Waals surface area contributed by atoms with Crippen LogP contribution in [-0.2, 0) is 77.9 Å². The second-order valence-electron chi connectivity index (χ2n) is 29.4. The molecule has 5 aliphatic rings. The fourth-order valence-corrected chi connectivity index (χ4v) is 16.5. The smallest absolute Gasteiger partial charge is 0.267 e. The molecule has 0 radical (unpaired) electrons. The number of aryl methyl sites for hydroxylation is 5. The molecule has 2 aromatic carbocycles. The van der Waals surface area contributed by atoms with E-state index < -0.39 is 5.91 Å². The van der Waals surface area contributed by atoms with Crippen molar-refractivity contribution in [3.8, 4) is 0 Å². The van der Waals surface area contributed by atoms with Crippen molar-refractivity contribution in [3.63, 3.8) is 0 Å². The molecule has 8 N–H and O–H groups in total. The Morgan fingerprint density at radius 3 is 1.29 bits per heavy atom. The summed E-state index contributed by atoms with van der Waals surface area (Å²) < 4.78 is 9.70. The largest absolute Gasteiger partial charge is 0.364 e. The number of rotatable bonds is 14. The Morgan fingerprint density at radius 2 is 0.814 bits per heavy atom. The molecule has 17 rings (SSSR count). The van der Waals surface area contributed by atoms with Crippen molar-refractivity contribution in [1.82, 2.24) is 67.8 Å². The van der Waals surface area contributed by atoms with Crippen molar-refractivity contribution in [1.29, 1.82) is 0 Å². The molecule has 4 atom stereocenters. The zero-order chi connectivity index (χ0) is 70.7. The van der Waals surface area contributed by atoms with E-state index in [0.717, 1.165) is 119 Å². The summed E-state index contributed by atoms with van der Waals surface area (Å²) >= 11 is 0. The van der Waals surface area contributed by atoms with Crippen LogP contribution in [0.1, 0.15) is 150 Å². The van der Waals surface area contributed by atoms with E-state index >= 15 is 0 Å². The van der Waals surface area contributed by atoms with Crippen LogP contribution in [0.5, 0.6) is 0 Å². The zero-order valence-corrected chi connectivity index (χ0v) is 60.6. The lowest BCUT2D eigenvalue weighted by Crippen LogP contribution is -2.31. The SMILES string of the molecule is Cc1ccc2c(c1)c1c(n2CC(N)c2ccc(C(N)=O)nc2)CCN(C)C1.Cc1ccc2c(c1)c1c(n2CC(c2ccncc2)N2CCCC2)CCN(C)C1.Cc1cnc2c(c1)c1c(n2CC(N)c2ccncc2)CCCC1.Cc1cnc2c(c1)c1c(n2CC(N)c2ccncc2)CCN(C)C1. The van der Waals surface area contributed by atoms with Gasteiger partial charge in [-0.25, -0.2) is 9.97 Å². The Bertz CT molecular complexity index is 4920. The van der Waals surface area contributed by atoms with Gasteiger partial charge in [0.1, 0.15) is 17.0 Å². The van der Waals surface area contributed by atoms with Gasteiger partial charge in [-0.1, -0.05) is 29.3 Å². The minimum Gasteiger partial charge on any atom is -0.364 e. The van der Waals surface area contributed by atoms with E-state index in [1.807, 2.05) is 55.1 Å². The molecule has 0 bridgehead atoms. The standard InChI is InChI=1S/C24H30N4.C21H25N5O.C19H23N5.C19H22N4/c1-18-5-6-22-20(15-18)21-16-26(2)14-9-23(21)28(22)17-24(27-12-3-4-13-27)19-7-10-25-11-8-19;1-13-3-6-19-15(9-13)16-11-25(2)8-7-20(16)26(19)12-17(22)14-4-5-18(21(23)27)24-10-14;1-13-9-15-16-11-23(2)8-5-18(16)24(19(15)22-10-13)12-17(20)14-3-6-21-7-4-14;1-13-10-16-15-4-2-3-5-18(15)23(19(16)22-11-13)12-17(20)14-6-8-21-9-7-14/h5-8,10-11,15,24H,3-4,9,12-14,16-17H2,1-2H3;3-6,9-10,17H,7-8,11-12,22H2,1-2H3,(H2,23,27);3-4,6-7,9-10,17H,5,8,11-12,20H2,1-2H3;6-11,17H,2-5,12,20H2,1H3. The van der Waals surface area contributed by atoms with Gasteiger partial charge in [0.2, 0.25) is 0 Å². The molecule has 1 amide bonds. The summed E-state index contributed by atoms with van der Waals surface area (Å²) in [4.78, 5) is 47.1. The summed E-state index contributed by atoms with van der Waals surface area (Å²) in [7, 11) is 6.59. The molecule has 1 aliphatic carbocycles. The predicted octanol–water partition coefficient (Wildman–Crippen LogP) is 12.0. The second-order valence-corrected chi connectivity index (χ2v) is 29.4. The number of benzene rings is 2. The summed E-state index contributed by atoms with van der Waals surface area (Å²) in [5.74, 6) is -0.528. The number of hydrogen-bond donors (Lipinski definition) is 4. The predicted molar refractivity (Wildman–Crippen MR) is 409 cm³/mol. The fourth-order valence-electron chi connectivity index (χ4n) is 16.5. The van der Waals surface area contributed by atoms with Gasteiger partial charge < -0.3 is 55.9 Å². The van der Waals surface area contributed by atoms with E-state index in [9.17, 15) is 4.79 Å². The average Bonchev–Trinajstić information content (AvgIpc) is 1.63. The Hall–Kier alpha value is -9.31. The lowest BCUT2D eigenvalue weighted by atomic mass is 9.95. The van der Waals surface area contributed by atoms with Gasteiger partial charge in [-0.15, -0.1) is 0 Å². The van der Waals surface area contributed by atoms with Crippen LogP contribution in [0.3, 0.4) is 0 Å². The first kappa shape index (κ1) is 69.8. The number of carbonyl (C=O) groups excluding carboxylic acids is 1. The number of nitrogens with two attached hydrogens (primary N) is 4. The molecule has 4 aliphatic heterocycles. The topological polar surface area (TPSA) is 231 Å². The third-order valence-electron chi connectivity index (χ3n) is 21.9. The fraction of sp³-hybridized carbons (Fsp3) is 0.386. The van der Waals surface area contributed by atoms with E-state index in [0.29, 0.717) is 12.6 Å². The highest BCUT2D eigenvalue weighted by Gasteiger charge is 2.31. The van der Waals surface area contributed by atoms with Crippen LogP contribution in [0, 0.1) is 27.7 Å². The van der Waals surface area contributed by atoms with Crippen LogP contribution in [-0.4, -0.2) is 128 Å². The molecule has 19 heteroatoms. The third-order valence-corrected chi connectivity index (χ3v) is 21.9. The van der Waals surface area contributed by atoms with Crippen LogP contribution in [0.4, 0.5) is 0 Å². The molecule has 12 aromatic rings. The van der Waals surface area contributed by atoms with E-state index in [4.69, 9.17) is 32.9 Å². The number of aromatic nitrogens is 10. The molecule has 14 heterocycles. The first-order valence-electron chi connectivity index (χ1n) is 36.7. The van der Waals surface area contributed by atoms with Crippen LogP contribution < -0.4 is 22.9 Å². The van der Waals surface area contributed by atoms with E-state index in [-0.39, 0.29) is 23.8 Å². The van der Waals surface area contributed by atoms with Crippen LogP contribution in [0.2, 0.25) is 0 Å². The van der Waals surface area contributed by atoms with Crippen molar-refractivity contribution in [2.45, 2.75) is 155 Å². The first-order valence-corrected chi connectivity index (χ1v) is 36.7. The number of likely N-dealkylation sites (tertiary alicyclic amines) is 1. The maximum absolute atomic E-state index is 11.2. The van der Waals surface area contributed by atoms with E-state index in [2.05, 4.69) is 167 Å². The Balaban J connectivity index is 0.000000116. The number of fused-ring (bicyclic) bond motifs is 12. The van der Waals surface area contributed by atoms with Crippen molar-refractivity contribution < 1.29 is 4.79 Å². The Morgan fingerprint density at radius 1 is 0.402 bits per heavy atom. The van der Waals surface area contributed by atoms with Crippen molar-refractivity contribution in [2.75, 3.05) is 53.9 Å². The van der Waals surface area contributed by atoms with Crippen molar-refractivity contribution in [3.05, 3.63) is 248 Å². The number of nitrogens with zero attached hydrogens (tertiary/aromatic N) is 14. The Labute approximate surface area is 599 Å². The number of pyridine rings is 6. The third kappa shape index (κ3) is 14.8. The van der Waals surface area contributed by atoms with Crippen molar-refractivity contribution in [2.24, 2.45) is 22.9 Å². The molecule has 19 nitrogen and oxygen atoms in total. The van der Waals surface area contributed by atoms with E-state index in [1.54, 1.807) is 48.3 Å². The van der Waals surface area contributed by atoms with E-state index in [1.165, 1.54) is 133 Å². The van der Waals surface area contributed by atoms with Gasteiger partial charge in [-0.3, -0.25) is 29.6 Å². The van der Waals surface area contributed by atoms with Gasteiger partial charge in [0.15, 0.2) is 0 Å². The molecule has 10 aromatic heterocycles. The van der Waals surface area contributed by atoms with Gasteiger partial charge in [0.25, 0.3) is 5.91 Å². The number of carbonyl (C=O) groups is 1. The highest BCUT2D eigenvalue weighted by atomic mass is 16.1. The highest BCUT2D eigenvalue weighted by Crippen LogP contribution is 2.38. The molecule has 102 heavy (non-hydrogen) atoms. The molecule has 528 valence electrons. The molecular formula is C83H100N18O. The minimum atomic E-state index is -0.528. The molecule has 1 saturated heterocycles.